The molecule has 0 aromatic rings. The highest BCUT2D eigenvalue weighted by Gasteiger charge is 2.84. The van der Waals surface area contributed by atoms with Gasteiger partial charge in [0, 0.05) is 52.4 Å². The molecule has 0 atom stereocenters. The number of piperazine rings is 2. The monoisotopic (exact) mass is 484 g/mol. The van der Waals surface area contributed by atoms with E-state index in [0.29, 0.717) is 0 Å². The Morgan fingerprint density at radius 2 is 0.812 bits per heavy atom. The number of rotatable bonds is 7. The van der Waals surface area contributed by atoms with Crippen LogP contribution in [0, 0.1) is 0 Å². The van der Waals surface area contributed by atoms with E-state index in [2.05, 4.69) is 0 Å². The van der Waals surface area contributed by atoms with Crippen LogP contribution in [0.15, 0.2) is 0 Å². The first kappa shape index (κ1) is 26.5. The molecule has 0 aromatic heterocycles. The molecule has 2 heterocycles. The van der Waals surface area contributed by atoms with Crippen molar-refractivity contribution in [3.8, 4) is 0 Å². The van der Waals surface area contributed by atoms with Crippen molar-refractivity contribution in [3.63, 3.8) is 0 Å². The van der Waals surface area contributed by atoms with E-state index in [9.17, 15) is 44.7 Å². The minimum Gasteiger partial charge on any atom is -0.304 e. The number of hydrogen-bond acceptors (Lipinski definition) is 6. The van der Waals surface area contributed by atoms with Gasteiger partial charge in [-0.25, -0.2) is 10.0 Å². The molecule has 2 fully saturated rings. The van der Waals surface area contributed by atoms with Crippen LogP contribution >= 0.6 is 0 Å². The summed E-state index contributed by atoms with van der Waals surface area (Å²) in [5, 5.41) is 1.56. The molecule has 0 unspecified atom stereocenters. The van der Waals surface area contributed by atoms with Gasteiger partial charge < -0.3 is 9.80 Å². The zero-order valence-corrected chi connectivity index (χ0v) is 17.3. The lowest BCUT2D eigenvalue weighted by Crippen LogP contribution is -2.71. The first-order valence-electron chi connectivity index (χ1n) is 9.54. The molecular formula is C16H24F8N6O2. The number of amides is 2. The molecule has 2 aliphatic heterocycles. The predicted octanol–water partition coefficient (Wildman–Crippen LogP) is 0.0848. The highest BCUT2D eigenvalue weighted by molar-refractivity contribution is 5.87. The van der Waals surface area contributed by atoms with Crippen molar-refractivity contribution in [2.24, 2.45) is 0 Å². The topological polar surface area (TPSA) is 71.2 Å². The summed E-state index contributed by atoms with van der Waals surface area (Å²) in [6, 6.07) is 0. The number of alkyl halides is 8. The third-order valence-corrected chi connectivity index (χ3v) is 5.28. The summed E-state index contributed by atoms with van der Waals surface area (Å²) in [5.74, 6) is -32.1. The number of nitrogens with one attached hydrogen (secondary N) is 2. The third kappa shape index (κ3) is 4.92. The van der Waals surface area contributed by atoms with Crippen LogP contribution in [0.5, 0.6) is 0 Å². The number of carbonyl (C=O) groups excluding carboxylic acids is 2. The summed E-state index contributed by atoms with van der Waals surface area (Å²) in [7, 11) is 3.30. The Bertz CT molecular complexity index is 636. The largest absolute Gasteiger partial charge is 0.394 e. The molecule has 2 amide bonds. The molecule has 16 heteroatoms. The molecule has 186 valence electrons. The number of nitrogens with zero attached hydrogens (tertiary/aromatic N) is 4. The van der Waals surface area contributed by atoms with Crippen LogP contribution in [-0.4, -0.2) is 122 Å². The lowest BCUT2D eigenvalue weighted by atomic mass is 9.97. The van der Waals surface area contributed by atoms with Gasteiger partial charge in [0.15, 0.2) is 0 Å². The summed E-state index contributed by atoms with van der Waals surface area (Å²) in [5.41, 5.74) is 2.71. The van der Waals surface area contributed by atoms with Gasteiger partial charge in [0.05, 0.1) is 0 Å². The predicted molar refractivity (Wildman–Crippen MR) is 94.2 cm³/mol. The molecule has 0 aliphatic carbocycles. The molecule has 2 N–H and O–H groups in total. The van der Waals surface area contributed by atoms with Crippen molar-refractivity contribution >= 4 is 11.8 Å². The van der Waals surface area contributed by atoms with E-state index in [1.807, 2.05) is 0 Å². The fourth-order valence-electron chi connectivity index (χ4n) is 2.94. The molecule has 2 aliphatic rings. The second-order valence-electron chi connectivity index (χ2n) is 7.76. The average molecular weight is 484 g/mol. The zero-order chi connectivity index (χ0) is 24.5. The normalized spacial score (nSPS) is 21.4. The molecule has 0 spiro atoms. The van der Waals surface area contributed by atoms with Gasteiger partial charge in [-0.15, -0.1) is 0 Å². The molecule has 2 saturated heterocycles. The maximum absolute atomic E-state index is 14.1. The summed E-state index contributed by atoms with van der Waals surface area (Å²) in [6.45, 7) is 0.583. The van der Waals surface area contributed by atoms with Gasteiger partial charge in [-0.3, -0.25) is 20.4 Å². The van der Waals surface area contributed by atoms with Crippen LogP contribution in [0.1, 0.15) is 0 Å². The van der Waals surface area contributed by atoms with Gasteiger partial charge in [0.1, 0.15) is 0 Å². The second-order valence-corrected chi connectivity index (χ2v) is 7.76. The SMILES string of the molecule is CN1CCN(NC(=O)C(F)(F)C(F)(F)C(F)(F)C(F)(F)C(=O)NN2CCN(C)CC2)CC1. The van der Waals surface area contributed by atoms with Crippen molar-refractivity contribution in [2.75, 3.05) is 66.5 Å². The van der Waals surface area contributed by atoms with Crippen LogP contribution in [0.25, 0.3) is 0 Å². The standard InChI is InChI=1S/C16H24F8N6O2/c1-27-3-7-29(8-4-27)25-11(31)13(17,18)15(21,22)16(23,24)14(19,20)12(32)26-30-9-5-28(2)6-10-30/h3-10H2,1-2H3,(H,25,31)(H,26,32). The van der Waals surface area contributed by atoms with Crippen LogP contribution in [-0.2, 0) is 9.59 Å². The minimum atomic E-state index is -6.89. The summed E-state index contributed by atoms with van der Waals surface area (Å²) >= 11 is 0. The maximum Gasteiger partial charge on any atom is 0.394 e. The summed E-state index contributed by atoms with van der Waals surface area (Å²) < 4.78 is 112. The van der Waals surface area contributed by atoms with Crippen molar-refractivity contribution in [1.82, 2.24) is 30.7 Å². The lowest BCUT2D eigenvalue weighted by Gasteiger charge is -2.38. The number of hydrogen-bond donors (Lipinski definition) is 2. The number of halogens is 8. The highest BCUT2D eigenvalue weighted by atomic mass is 19.4. The summed E-state index contributed by atoms with van der Waals surface area (Å²) in [4.78, 5) is 26.8. The van der Waals surface area contributed by atoms with E-state index < -0.39 is 35.5 Å². The Labute approximate surface area is 178 Å². The summed E-state index contributed by atoms with van der Waals surface area (Å²) in [6.07, 6.45) is 0. The van der Waals surface area contributed by atoms with Crippen LogP contribution < -0.4 is 10.9 Å². The van der Waals surface area contributed by atoms with Gasteiger partial charge in [0.2, 0.25) is 0 Å². The van der Waals surface area contributed by atoms with Crippen LogP contribution in [0.4, 0.5) is 35.1 Å². The van der Waals surface area contributed by atoms with Crippen molar-refractivity contribution in [1.29, 1.82) is 0 Å². The average Bonchev–Trinajstić information content (AvgIpc) is 2.70. The molecule has 0 bridgehead atoms. The smallest absolute Gasteiger partial charge is 0.304 e. The van der Waals surface area contributed by atoms with Gasteiger partial charge >= 0.3 is 35.5 Å². The number of hydrazine groups is 2. The van der Waals surface area contributed by atoms with E-state index in [-0.39, 0.29) is 52.4 Å². The molecule has 8 nitrogen and oxygen atoms in total. The lowest BCUT2D eigenvalue weighted by molar-refractivity contribution is -0.348. The molecule has 0 aromatic carbocycles. The van der Waals surface area contributed by atoms with Crippen molar-refractivity contribution in [3.05, 3.63) is 0 Å². The molecular weight excluding hydrogens is 460 g/mol. The minimum absolute atomic E-state index is 0.0934. The Hall–Kier alpha value is -1.78. The Kier molecular flexibility index (Phi) is 7.63. The van der Waals surface area contributed by atoms with Gasteiger partial charge in [-0.05, 0) is 14.1 Å². The fourth-order valence-corrected chi connectivity index (χ4v) is 2.94. The Morgan fingerprint density at radius 1 is 0.562 bits per heavy atom. The van der Waals surface area contributed by atoms with E-state index in [4.69, 9.17) is 0 Å². The molecule has 0 radical (unpaired) electrons. The van der Waals surface area contributed by atoms with Crippen LogP contribution in [0.3, 0.4) is 0 Å². The highest BCUT2D eigenvalue weighted by Crippen LogP contribution is 2.52. The Morgan fingerprint density at radius 3 is 1.06 bits per heavy atom. The number of carbonyl (C=O) groups is 2. The third-order valence-electron chi connectivity index (χ3n) is 5.28. The van der Waals surface area contributed by atoms with E-state index in [1.54, 1.807) is 23.9 Å². The fraction of sp³-hybridized carbons (Fsp3) is 0.875. The van der Waals surface area contributed by atoms with Crippen LogP contribution in [0.2, 0.25) is 0 Å². The van der Waals surface area contributed by atoms with Gasteiger partial charge in [-0.2, -0.15) is 35.1 Å². The van der Waals surface area contributed by atoms with E-state index in [0.717, 1.165) is 10.0 Å². The Balaban J connectivity index is 2.15. The van der Waals surface area contributed by atoms with E-state index >= 15 is 0 Å². The molecule has 2 rings (SSSR count). The quantitative estimate of drug-likeness (QED) is 0.500. The second kappa shape index (κ2) is 9.23. The molecule has 32 heavy (non-hydrogen) atoms. The van der Waals surface area contributed by atoms with Crippen molar-refractivity contribution in [2.45, 2.75) is 23.7 Å². The first-order chi connectivity index (χ1) is 14.5. The van der Waals surface area contributed by atoms with Gasteiger partial charge in [-0.1, -0.05) is 0 Å². The van der Waals surface area contributed by atoms with Crippen molar-refractivity contribution < 1.29 is 44.7 Å². The van der Waals surface area contributed by atoms with E-state index in [1.165, 1.54) is 10.9 Å². The molecule has 0 saturated carbocycles. The maximum atomic E-state index is 14.1. The first-order valence-corrected chi connectivity index (χ1v) is 9.54. The van der Waals surface area contributed by atoms with Gasteiger partial charge in [0.25, 0.3) is 0 Å². The number of likely N-dealkylation sites (N-methyl/N-ethyl adjacent to an activating group) is 2. The zero-order valence-electron chi connectivity index (χ0n) is 17.3.